The Bertz CT molecular complexity index is 465. The molecule has 0 radical (unpaired) electrons. The highest BCUT2D eigenvalue weighted by molar-refractivity contribution is 5.39. The van der Waals surface area contributed by atoms with Gasteiger partial charge >= 0.3 is 0 Å². The average Bonchev–Trinajstić information content (AvgIpc) is 2.44. The van der Waals surface area contributed by atoms with E-state index in [9.17, 15) is 10.5 Å². The summed E-state index contributed by atoms with van der Waals surface area (Å²) in [4.78, 5) is 0. The Hall–Kier alpha value is -2.02. The highest BCUT2D eigenvalue weighted by atomic mass is 16.2. The summed E-state index contributed by atoms with van der Waals surface area (Å²) in [5.74, 6) is 5.27. The quantitative estimate of drug-likeness (QED) is 0.608. The largest absolute Gasteiger partial charge is 0.384 e. The molecule has 1 N–H and O–H groups in total. The fourth-order valence-corrected chi connectivity index (χ4v) is 2.22. The van der Waals surface area contributed by atoms with E-state index in [1.807, 2.05) is 6.08 Å². The molecule has 1 unspecified atom stereocenters. The van der Waals surface area contributed by atoms with E-state index in [4.69, 9.17) is 5.11 Å². The van der Waals surface area contributed by atoms with Gasteiger partial charge in [-0.15, -0.1) is 6.58 Å². The zero-order valence-electron chi connectivity index (χ0n) is 10.3. The van der Waals surface area contributed by atoms with Crippen LogP contribution in [0.5, 0.6) is 0 Å². The van der Waals surface area contributed by atoms with E-state index in [-0.39, 0.29) is 18.9 Å². The highest BCUT2D eigenvalue weighted by Gasteiger charge is 2.38. The third kappa shape index (κ3) is 2.80. The van der Waals surface area contributed by atoms with Crippen LogP contribution in [-0.2, 0) is 0 Å². The number of hydrogen-bond donors (Lipinski definition) is 1. The molecule has 0 aromatic heterocycles. The van der Waals surface area contributed by atoms with Crippen LogP contribution in [0.4, 0.5) is 0 Å². The Morgan fingerprint density at radius 2 is 2.17 bits per heavy atom. The highest BCUT2D eigenvalue weighted by Crippen LogP contribution is 2.40. The fourth-order valence-electron chi connectivity index (χ4n) is 2.22. The minimum atomic E-state index is -1.21. The van der Waals surface area contributed by atoms with Crippen LogP contribution in [0.2, 0.25) is 0 Å². The Morgan fingerprint density at radius 3 is 2.72 bits per heavy atom. The van der Waals surface area contributed by atoms with Gasteiger partial charge in [-0.3, -0.25) is 0 Å². The molecule has 1 rings (SSSR count). The van der Waals surface area contributed by atoms with Gasteiger partial charge in [-0.2, -0.15) is 10.5 Å². The molecule has 18 heavy (non-hydrogen) atoms. The maximum Gasteiger partial charge on any atom is 0.176 e. The van der Waals surface area contributed by atoms with Gasteiger partial charge in [-0.05, 0) is 24.8 Å². The topological polar surface area (TPSA) is 67.8 Å². The van der Waals surface area contributed by atoms with Crippen molar-refractivity contribution in [3.8, 4) is 24.0 Å². The van der Waals surface area contributed by atoms with Crippen molar-refractivity contribution in [1.82, 2.24) is 0 Å². The summed E-state index contributed by atoms with van der Waals surface area (Å²) < 4.78 is 0. The van der Waals surface area contributed by atoms with Gasteiger partial charge in [-0.1, -0.05) is 24.0 Å². The van der Waals surface area contributed by atoms with Gasteiger partial charge in [0.1, 0.15) is 6.61 Å². The Morgan fingerprint density at radius 1 is 1.44 bits per heavy atom. The van der Waals surface area contributed by atoms with Crippen molar-refractivity contribution < 1.29 is 5.11 Å². The second-order valence-corrected chi connectivity index (χ2v) is 4.25. The van der Waals surface area contributed by atoms with Crippen LogP contribution in [0.3, 0.4) is 0 Å². The minimum absolute atomic E-state index is 0.0778. The summed E-state index contributed by atoms with van der Waals surface area (Å²) in [5.41, 5.74) is -0.387. The second-order valence-electron chi connectivity index (χ2n) is 4.25. The van der Waals surface area contributed by atoms with E-state index in [1.54, 1.807) is 6.08 Å². The molecule has 0 heterocycles. The number of nitriles is 2. The van der Waals surface area contributed by atoms with Gasteiger partial charge in [0.15, 0.2) is 5.41 Å². The van der Waals surface area contributed by atoms with Gasteiger partial charge < -0.3 is 5.11 Å². The summed E-state index contributed by atoms with van der Waals surface area (Å²) in [7, 11) is 0. The molecule has 1 atom stereocenters. The van der Waals surface area contributed by atoms with Gasteiger partial charge in [0.05, 0.1) is 12.1 Å². The monoisotopic (exact) mass is 240 g/mol. The van der Waals surface area contributed by atoms with E-state index < -0.39 is 5.41 Å². The SMILES string of the molecule is C=CC1CCCC=C1C(C#N)(C#N)CC#CCO. The second kappa shape index (κ2) is 6.65. The minimum Gasteiger partial charge on any atom is -0.384 e. The summed E-state index contributed by atoms with van der Waals surface area (Å²) in [6.07, 6.45) is 6.77. The number of nitrogens with zero attached hydrogens (tertiary/aromatic N) is 2. The van der Waals surface area contributed by atoms with Crippen molar-refractivity contribution >= 4 is 0 Å². The lowest BCUT2D eigenvalue weighted by molar-refractivity contribution is 0.350. The van der Waals surface area contributed by atoms with E-state index in [0.29, 0.717) is 0 Å². The van der Waals surface area contributed by atoms with Gasteiger partial charge in [0, 0.05) is 12.3 Å². The molecule has 3 nitrogen and oxygen atoms in total. The summed E-state index contributed by atoms with van der Waals surface area (Å²) >= 11 is 0. The summed E-state index contributed by atoms with van der Waals surface area (Å²) in [5, 5.41) is 27.4. The number of allylic oxidation sites excluding steroid dienone is 3. The van der Waals surface area contributed by atoms with E-state index in [2.05, 4.69) is 30.6 Å². The normalized spacial score (nSPS) is 18.6. The van der Waals surface area contributed by atoms with Crippen LogP contribution >= 0.6 is 0 Å². The predicted octanol–water partition coefficient (Wildman–Crippen LogP) is 2.32. The first kappa shape index (κ1) is 14.0. The molecule has 0 saturated carbocycles. The molecule has 0 spiro atoms. The summed E-state index contributed by atoms with van der Waals surface area (Å²) in [6.45, 7) is 3.52. The van der Waals surface area contributed by atoms with Crippen LogP contribution in [0.1, 0.15) is 25.7 Å². The van der Waals surface area contributed by atoms with Crippen molar-refractivity contribution in [3.05, 3.63) is 24.3 Å². The third-order valence-electron chi connectivity index (χ3n) is 3.20. The molecule has 0 fully saturated rings. The van der Waals surface area contributed by atoms with Crippen LogP contribution in [0.25, 0.3) is 0 Å². The Labute approximate surface area is 108 Å². The van der Waals surface area contributed by atoms with Crippen LogP contribution in [0.15, 0.2) is 24.3 Å². The molecule has 92 valence electrons. The lowest BCUT2D eigenvalue weighted by Gasteiger charge is -2.29. The first-order valence-corrected chi connectivity index (χ1v) is 5.96. The molecule has 1 aliphatic carbocycles. The van der Waals surface area contributed by atoms with E-state index in [0.717, 1.165) is 24.8 Å². The molecule has 0 bridgehead atoms. The van der Waals surface area contributed by atoms with E-state index >= 15 is 0 Å². The zero-order valence-corrected chi connectivity index (χ0v) is 10.3. The first-order valence-electron chi connectivity index (χ1n) is 5.96. The fraction of sp³-hybridized carbons (Fsp3) is 0.467. The standard InChI is InChI=1S/C15H16N2O/c1-2-13-7-3-4-8-14(13)15(11-16,12-17)9-5-6-10-18/h2,8,13,18H,1,3-4,7,9-10H2. The molecule has 0 aromatic rings. The molecule has 0 aliphatic heterocycles. The third-order valence-corrected chi connectivity index (χ3v) is 3.20. The van der Waals surface area contributed by atoms with Crippen molar-refractivity contribution in [2.24, 2.45) is 11.3 Å². The molecule has 0 amide bonds. The lowest BCUT2D eigenvalue weighted by Crippen LogP contribution is -2.25. The first-order chi connectivity index (χ1) is 8.74. The average molecular weight is 240 g/mol. The number of hydrogen-bond acceptors (Lipinski definition) is 3. The lowest BCUT2D eigenvalue weighted by atomic mass is 9.70. The number of rotatable bonds is 3. The van der Waals surface area contributed by atoms with Crippen LogP contribution in [0, 0.1) is 45.8 Å². The molecular formula is C15H16N2O. The smallest absolute Gasteiger partial charge is 0.176 e. The Balaban J connectivity index is 3.11. The summed E-state index contributed by atoms with van der Waals surface area (Å²) in [6, 6.07) is 4.19. The number of aliphatic hydroxyl groups is 1. The van der Waals surface area contributed by atoms with E-state index in [1.165, 1.54) is 0 Å². The van der Waals surface area contributed by atoms with Crippen molar-refractivity contribution in [2.75, 3.05) is 6.61 Å². The van der Waals surface area contributed by atoms with Gasteiger partial charge in [0.25, 0.3) is 0 Å². The molecular weight excluding hydrogens is 224 g/mol. The number of aliphatic hydroxyl groups excluding tert-OH is 1. The van der Waals surface area contributed by atoms with Crippen LogP contribution < -0.4 is 0 Å². The van der Waals surface area contributed by atoms with Crippen molar-refractivity contribution in [2.45, 2.75) is 25.7 Å². The molecule has 0 aromatic carbocycles. The Kier molecular flexibility index (Phi) is 5.19. The van der Waals surface area contributed by atoms with Crippen molar-refractivity contribution in [1.29, 1.82) is 10.5 Å². The molecule has 0 saturated heterocycles. The maximum atomic E-state index is 9.36. The molecule has 1 aliphatic rings. The maximum absolute atomic E-state index is 9.36. The van der Waals surface area contributed by atoms with Gasteiger partial charge in [-0.25, -0.2) is 0 Å². The van der Waals surface area contributed by atoms with Crippen molar-refractivity contribution in [3.63, 3.8) is 0 Å². The predicted molar refractivity (Wildman–Crippen MR) is 68.8 cm³/mol. The zero-order chi connectivity index (χ0) is 13.4. The van der Waals surface area contributed by atoms with Crippen LogP contribution in [-0.4, -0.2) is 11.7 Å². The van der Waals surface area contributed by atoms with Gasteiger partial charge in [0.2, 0.25) is 0 Å². The molecule has 3 heteroatoms.